The van der Waals surface area contributed by atoms with Gasteiger partial charge in [0.15, 0.2) is 0 Å². The highest BCUT2D eigenvalue weighted by Gasteiger charge is 2.25. The molecule has 3 aliphatic heterocycles. The Kier molecular flexibility index (Phi) is 16.1. The standard InChI is InChI=1S/C19H30N2O3.C10H20N2O2.C9H10O/c1-19(2,3)24-18(23)20-16-9-11-21(12-10-16)14-17(22)13-15-7-5-4-6-8-15;1-10(2,3)14-9(13)12-8-4-6-11-7-5-8;1-2-4-8(5-3-1)6-9-7-10-9/h4-8,16-17,22H,9-14H2,1-3H3,(H,20,23);8,11H,4-7H2,1-3H3,(H,12,13);1-5,9H,6-7H2. The van der Waals surface area contributed by atoms with Crippen LogP contribution in [0.3, 0.4) is 0 Å². The van der Waals surface area contributed by atoms with E-state index in [1.54, 1.807) is 0 Å². The van der Waals surface area contributed by atoms with Gasteiger partial charge >= 0.3 is 12.2 Å². The number of nitrogens with one attached hydrogen (secondary N) is 3. The lowest BCUT2D eigenvalue weighted by atomic mass is 10.0. The normalized spacial score (nSPS) is 19.4. The van der Waals surface area contributed by atoms with Gasteiger partial charge in [-0.3, -0.25) is 0 Å². The maximum Gasteiger partial charge on any atom is 0.407 e. The van der Waals surface area contributed by atoms with Gasteiger partial charge in [0.2, 0.25) is 0 Å². The Morgan fingerprint density at radius 2 is 1.27 bits per heavy atom. The molecule has 48 heavy (non-hydrogen) atoms. The van der Waals surface area contributed by atoms with Gasteiger partial charge in [0.25, 0.3) is 0 Å². The second-order valence-electron chi connectivity index (χ2n) is 14.9. The third kappa shape index (κ3) is 18.4. The van der Waals surface area contributed by atoms with E-state index in [0.29, 0.717) is 19.1 Å². The van der Waals surface area contributed by atoms with E-state index in [0.717, 1.165) is 70.5 Å². The quantitative estimate of drug-likeness (QED) is 0.273. The summed E-state index contributed by atoms with van der Waals surface area (Å²) in [4.78, 5) is 25.4. The second kappa shape index (κ2) is 19.7. The van der Waals surface area contributed by atoms with Crippen molar-refractivity contribution in [1.82, 2.24) is 20.9 Å². The van der Waals surface area contributed by atoms with E-state index in [4.69, 9.17) is 14.2 Å². The molecule has 2 unspecified atom stereocenters. The zero-order valence-corrected chi connectivity index (χ0v) is 30.0. The Morgan fingerprint density at radius 1 is 0.812 bits per heavy atom. The average molecular weight is 669 g/mol. The monoisotopic (exact) mass is 668 g/mol. The molecule has 10 nitrogen and oxygen atoms in total. The Bertz CT molecular complexity index is 1180. The van der Waals surface area contributed by atoms with Gasteiger partial charge in [-0.15, -0.1) is 0 Å². The molecular weight excluding hydrogens is 608 g/mol. The molecule has 5 rings (SSSR count). The van der Waals surface area contributed by atoms with E-state index >= 15 is 0 Å². The first-order valence-corrected chi connectivity index (χ1v) is 17.5. The number of carbonyl (C=O) groups excluding carboxylic acids is 2. The van der Waals surface area contributed by atoms with Gasteiger partial charge < -0.3 is 40.2 Å². The molecule has 268 valence electrons. The summed E-state index contributed by atoms with van der Waals surface area (Å²) in [6.07, 6.45) is 5.02. The van der Waals surface area contributed by atoms with Crippen LogP contribution in [0.1, 0.15) is 78.4 Å². The highest BCUT2D eigenvalue weighted by molar-refractivity contribution is 5.68. The molecule has 0 radical (unpaired) electrons. The number of benzene rings is 2. The summed E-state index contributed by atoms with van der Waals surface area (Å²) in [5.74, 6) is 0. The van der Waals surface area contributed by atoms with E-state index in [-0.39, 0.29) is 30.4 Å². The fourth-order valence-electron chi connectivity index (χ4n) is 5.49. The Balaban J connectivity index is 0.000000218. The lowest BCUT2D eigenvalue weighted by Crippen LogP contribution is -2.47. The smallest absolute Gasteiger partial charge is 0.407 e. The van der Waals surface area contributed by atoms with E-state index in [1.807, 2.05) is 77.9 Å². The predicted molar refractivity (Wildman–Crippen MR) is 190 cm³/mol. The van der Waals surface area contributed by atoms with Gasteiger partial charge in [0, 0.05) is 38.1 Å². The maximum atomic E-state index is 11.8. The van der Waals surface area contributed by atoms with Crippen LogP contribution in [-0.4, -0.2) is 97.0 Å². The van der Waals surface area contributed by atoms with E-state index in [9.17, 15) is 14.7 Å². The summed E-state index contributed by atoms with van der Waals surface area (Å²) in [5, 5.41) is 19.3. The Labute approximate surface area is 288 Å². The Morgan fingerprint density at radius 3 is 1.73 bits per heavy atom. The lowest BCUT2D eigenvalue weighted by molar-refractivity contribution is 0.0456. The van der Waals surface area contributed by atoms with Crippen molar-refractivity contribution in [3.63, 3.8) is 0 Å². The van der Waals surface area contributed by atoms with Gasteiger partial charge in [0.05, 0.1) is 18.8 Å². The number of hydrogen-bond acceptors (Lipinski definition) is 8. The number of likely N-dealkylation sites (tertiary alicyclic amines) is 1. The fraction of sp³-hybridized carbons (Fsp3) is 0.632. The molecule has 0 aromatic heterocycles. The first-order chi connectivity index (χ1) is 22.7. The van der Waals surface area contributed by atoms with Crippen LogP contribution < -0.4 is 16.0 Å². The zero-order chi connectivity index (χ0) is 35.0. The van der Waals surface area contributed by atoms with Crippen molar-refractivity contribution in [2.75, 3.05) is 39.3 Å². The van der Waals surface area contributed by atoms with Crippen molar-refractivity contribution in [3.05, 3.63) is 71.8 Å². The molecular formula is C38H60N4O6. The van der Waals surface area contributed by atoms with E-state index < -0.39 is 11.2 Å². The molecule has 2 aromatic rings. The van der Waals surface area contributed by atoms with Crippen molar-refractivity contribution in [3.8, 4) is 0 Å². The minimum atomic E-state index is -0.466. The van der Waals surface area contributed by atoms with Crippen LogP contribution in [0.4, 0.5) is 9.59 Å². The summed E-state index contributed by atoms with van der Waals surface area (Å²) in [5.41, 5.74) is 1.67. The van der Waals surface area contributed by atoms with Crippen LogP contribution in [0, 0.1) is 0 Å². The second-order valence-corrected chi connectivity index (χ2v) is 14.9. The average Bonchev–Trinajstić information content (AvgIpc) is 3.82. The highest BCUT2D eigenvalue weighted by atomic mass is 16.6. The number of piperidine rings is 2. The summed E-state index contributed by atoms with van der Waals surface area (Å²) >= 11 is 0. The largest absolute Gasteiger partial charge is 0.444 e. The van der Waals surface area contributed by atoms with Crippen LogP contribution in [0.25, 0.3) is 0 Å². The van der Waals surface area contributed by atoms with Crippen molar-refractivity contribution in [2.24, 2.45) is 0 Å². The number of hydrogen-bond donors (Lipinski definition) is 4. The number of ether oxygens (including phenoxy) is 3. The minimum Gasteiger partial charge on any atom is -0.444 e. The highest BCUT2D eigenvalue weighted by Crippen LogP contribution is 2.16. The predicted octanol–water partition coefficient (Wildman–Crippen LogP) is 5.47. The number of amides is 2. The molecule has 0 spiro atoms. The van der Waals surface area contributed by atoms with Gasteiger partial charge in [-0.1, -0.05) is 60.7 Å². The molecule has 3 fully saturated rings. The summed E-state index contributed by atoms with van der Waals surface area (Å²) in [7, 11) is 0. The molecule has 0 bridgehead atoms. The van der Waals surface area contributed by atoms with Crippen molar-refractivity contribution in [1.29, 1.82) is 0 Å². The summed E-state index contributed by atoms with van der Waals surface area (Å²) in [6.45, 7) is 16.5. The number of carbonyl (C=O) groups is 2. The van der Waals surface area contributed by atoms with Gasteiger partial charge in [-0.2, -0.15) is 0 Å². The van der Waals surface area contributed by atoms with Crippen LogP contribution in [0.5, 0.6) is 0 Å². The molecule has 2 aromatic carbocycles. The van der Waals surface area contributed by atoms with Gasteiger partial charge in [-0.25, -0.2) is 9.59 Å². The molecule has 10 heteroatoms. The first-order valence-electron chi connectivity index (χ1n) is 17.5. The molecule has 3 aliphatic rings. The van der Waals surface area contributed by atoms with Crippen LogP contribution in [0.2, 0.25) is 0 Å². The zero-order valence-electron chi connectivity index (χ0n) is 30.0. The minimum absolute atomic E-state index is 0.155. The lowest BCUT2D eigenvalue weighted by Gasteiger charge is -2.33. The molecule has 0 saturated carbocycles. The Hall–Kier alpha value is -3.18. The van der Waals surface area contributed by atoms with Crippen LogP contribution in [0.15, 0.2) is 60.7 Å². The number of β-amino-alcohol motifs (C(OH)–C–C–N with tert-alkyl or cyclic N) is 1. The summed E-state index contributed by atoms with van der Waals surface area (Å²) < 4.78 is 15.6. The summed E-state index contributed by atoms with van der Waals surface area (Å²) in [6, 6.07) is 20.9. The van der Waals surface area contributed by atoms with Crippen molar-refractivity contribution >= 4 is 12.2 Å². The van der Waals surface area contributed by atoms with Gasteiger partial charge in [0.1, 0.15) is 11.2 Å². The molecule has 3 saturated heterocycles. The third-order valence-electron chi connectivity index (χ3n) is 7.86. The molecule has 2 amide bonds. The van der Waals surface area contributed by atoms with Crippen molar-refractivity contribution < 1.29 is 28.9 Å². The molecule has 0 aliphatic carbocycles. The van der Waals surface area contributed by atoms with Crippen molar-refractivity contribution in [2.45, 2.75) is 116 Å². The topological polar surface area (TPSA) is 125 Å². The van der Waals surface area contributed by atoms with E-state index in [1.165, 1.54) is 5.56 Å². The third-order valence-corrected chi connectivity index (χ3v) is 7.86. The number of aliphatic hydroxyl groups excluding tert-OH is 1. The number of epoxide rings is 1. The van der Waals surface area contributed by atoms with Crippen LogP contribution in [-0.2, 0) is 27.1 Å². The number of nitrogens with zero attached hydrogens (tertiary/aromatic N) is 1. The van der Waals surface area contributed by atoms with Gasteiger partial charge in [-0.05, 0) is 97.9 Å². The fourth-order valence-corrected chi connectivity index (χ4v) is 5.49. The number of rotatable bonds is 8. The first kappa shape index (κ1) is 39.3. The number of alkyl carbamates (subject to hydrolysis) is 2. The number of aliphatic hydroxyl groups is 1. The van der Waals surface area contributed by atoms with Crippen LogP contribution >= 0.6 is 0 Å². The van der Waals surface area contributed by atoms with E-state index in [2.05, 4.69) is 45.1 Å². The maximum absolute atomic E-state index is 11.8. The molecule has 3 heterocycles. The molecule has 2 atom stereocenters. The SMILES string of the molecule is CC(C)(C)OC(=O)NC1CCN(CC(O)Cc2ccccc2)CC1.CC(C)(C)OC(=O)NC1CCNCC1.c1ccc(CC2CO2)cc1. The molecule has 4 N–H and O–H groups in total.